The normalized spacial score (nSPS) is 16.3. The van der Waals surface area contributed by atoms with Gasteiger partial charge in [0.05, 0.1) is 28.6 Å². The summed E-state index contributed by atoms with van der Waals surface area (Å²) in [6.07, 6.45) is 4.78. The lowest BCUT2D eigenvalue weighted by molar-refractivity contribution is -0.144. The molecule has 6 rings (SSSR count). The van der Waals surface area contributed by atoms with Gasteiger partial charge in [0.2, 0.25) is 17.7 Å². The summed E-state index contributed by atoms with van der Waals surface area (Å²) in [5.74, 6) is -1.82. The maximum Gasteiger partial charge on any atom is 0.259 e. The molecule has 2 fully saturated rings. The van der Waals surface area contributed by atoms with Crippen LogP contribution in [0.15, 0.2) is 72.9 Å². The lowest BCUT2D eigenvalue weighted by Crippen LogP contribution is -2.58. The number of halogens is 2. The van der Waals surface area contributed by atoms with E-state index in [-0.39, 0.29) is 59.0 Å². The molecule has 18 heteroatoms. The van der Waals surface area contributed by atoms with Gasteiger partial charge in [-0.15, -0.1) is 0 Å². The van der Waals surface area contributed by atoms with Crippen molar-refractivity contribution in [2.45, 2.75) is 90.9 Å². The van der Waals surface area contributed by atoms with Gasteiger partial charge in [0, 0.05) is 57.9 Å². The average molecular weight is 958 g/mol. The predicted molar refractivity (Wildman–Crippen MR) is 257 cm³/mol. The highest BCUT2D eigenvalue weighted by molar-refractivity contribution is 7.81. The van der Waals surface area contributed by atoms with Crippen molar-refractivity contribution in [2.24, 2.45) is 12.5 Å². The van der Waals surface area contributed by atoms with Crippen molar-refractivity contribution in [1.82, 2.24) is 25.3 Å². The van der Waals surface area contributed by atoms with Gasteiger partial charge in [-0.25, -0.2) is 4.39 Å². The van der Waals surface area contributed by atoms with Gasteiger partial charge >= 0.3 is 0 Å². The molecule has 0 bridgehead atoms. The van der Waals surface area contributed by atoms with E-state index in [1.807, 2.05) is 64.2 Å². The molecule has 2 aliphatic heterocycles. The van der Waals surface area contributed by atoms with Crippen molar-refractivity contribution in [1.29, 1.82) is 5.26 Å². The number of carbonyl (C=O) groups excluding carboxylic acids is 4. The van der Waals surface area contributed by atoms with Crippen molar-refractivity contribution >= 4 is 63.9 Å². The Morgan fingerprint density at radius 1 is 0.985 bits per heavy atom. The second-order valence-corrected chi connectivity index (χ2v) is 18.9. The minimum absolute atomic E-state index is 0.0630. The van der Waals surface area contributed by atoms with Crippen molar-refractivity contribution in [3.05, 3.63) is 94.9 Å². The van der Waals surface area contributed by atoms with Crippen molar-refractivity contribution < 1.29 is 37.8 Å². The second kappa shape index (κ2) is 22.2. The fourth-order valence-electron chi connectivity index (χ4n) is 8.03. The van der Waals surface area contributed by atoms with Crippen LogP contribution in [0.25, 0.3) is 11.3 Å². The summed E-state index contributed by atoms with van der Waals surface area (Å²) in [4.78, 5) is 58.3. The van der Waals surface area contributed by atoms with E-state index in [9.17, 15) is 24.4 Å². The standard InChI is InChI=1S/C49H58ClFN8O7S/c1-48(2,3)43(45(62)57-22-9-11-40(57)44(61)53-30-32-12-14-33(15-13-32)39-20-21-54-56(39)6)55-42(60)31-65-25-10-24-64-23-7-8-26-66-41-19-18-36(28-38(41)51)59-47(67)58(46(63)49(59,4)5)35-17-16-34(29-52)37(50)27-35/h12-21,27-28,40,43H,7-11,22-26,30-31H2,1-6H3,(H,53,61)(H,55,60)/t40-,43?/m0/s1. The molecule has 0 radical (unpaired) electrons. The molecule has 0 saturated carbocycles. The van der Waals surface area contributed by atoms with Crippen LogP contribution in [-0.2, 0) is 42.2 Å². The third-order valence-corrected chi connectivity index (χ3v) is 12.4. The molecule has 2 saturated heterocycles. The monoisotopic (exact) mass is 956 g/mol. The van der Waals surface area contributed by atoms with Gasteiger partial charge in [0.1, 0.15) is 30.3 Å². The van der Waals surface area contributed by atoms with E-state index in [2.05, 4.69) is 15.7 Å². The molecular formula is C49H58ClFN8O7S. The van der Waals surface area contributed by atoms with Crippen LogP contribution in [0, 0.1) is 22.6 Å². The molecule has 356 valence electrons. The smallest absolute Gasteiger partial charge is 0.259 e. The first-order chi connectivity index (χ1) is 31.9. The fourth-order valence-corrected chi connectivity index (χ4v) is 8.77. The molecule has 1 aromatic heterocycles. The van der Waals surface area contributed by atoms with Gasteiger partial charge in [-0.05, 0) is 111 Å². The maximum absolute atomic E-state index is 15.3. The zero-order chi connectivity index (χ0) is 48.5. The fraction of sp³-hybridized carbons (Fsp3) is 0.449. The number of nitrogens with zero attached hydrogens (tertiary/aromatic N) is 6. The van der Waals surface area contributed by atoms with Crippen LogP contribution >= 0.6 is 23.8 Å². The van der Waals surface area contributed by atoms with Gasteiger partial charge in [0.15, 0.2) is 16.7 Å². The molecule has 67 heavy (non-hydrogen) atoms. The number of aryl methyl sites for hydroxylation is 1. The number of nitriles is 1. The zero-order valence-electron chi connectivity index (χ0n) is 38.8. The number of aromatic nitrogens is 2. The highest BCUT2D eigenvalue weighted by Gasteiger charge is 2.50. The van der Waals surface area contributed by atoms with Crippen LogP contribution in [0.3, 0.4) is 0 Å². The Bertz CT molecular complexity index is 2490. The number of ether oxygens (including phenoxy) is 3. The Balaban J connectivity index is 0.858. The molecule has 1 unspecified atom stereocenters. The third-order valence-electron chi connectivity index (χ3n) is 11.7. The number of hydrogen-bond donors (Lipinski definition) is 2. The maximum atomic E-state index is 15.3. The number of amides is 4. The Kier molecular flexibility index (Phi) is 16.8. The summed E-state index contributed by atoms with van der Waals surface area (Å²) in [6, 6.07) is 19.4. The first kappa shape index (κ1) is 50.5. The molecule has 3 aromatic carbocycles. The minimum atomic E-state index is -1.14. The molecule has 0 spiro atoms. The summed E-state index contributed by atoms with van der Waals surface area (Å²) in [7, 11) is 1.88. The molecule has 2 atom stereocenters. The van der Waals surface area contributed by atoms with E-state index in [4.69, 9.17) is 38.0 Å². The predicted octanol–water partition coefficient (Wildman–Crippen LogP) is 7.09. The lowest BCUT2D eigenvalue weighted by Gasteiger charge is -2.35. The highest BCUT2D eigenvalue weighted by Crippen LogP contribution is 2.38. The number of anilines is 2. The van der Waals surface area contributed by atoms with Crippen molar-refractivity contribution in [3.63, 3.8) is 0 Å². The van der Waals surface area contributed by atoms with Gasteiger partial charge < -0.3 is 34.6 Å². The molecule has 2 N–H and O–H groups in total. The number of thiocarbonyl (C=S) groups is 1. The van der Waals surface area contributed by atoms with Crippen LogP contribution in [-0.4, -0.2) is 101 Å². The van der Waals surface area contributed by atoms with Crippen LogP contribution < -0.4 is 25.2 Å². The molecule has 0 aliphatic carbocycles. The van der Waals surface area contributed by atoms with Crippen LogP contribution in [0.5, 0.6) is 5.75 Å². The van der Waals surface area contributed by atoms with Gasteiger partial charge in [-0.2, -0.15) is 10.4 Å². The number of benzene rings is 3. The molecular weight excluding hydrogens is 899 g/mol. The van der Waals surface area contributed by atoms with Crippen molar-refractivity contribution in [3.8, 4) is 23.1 Å². The van der Waals surface area contributed by atoms with E-state index in [0.29, 0.717) is 69.8 Å². The summed E-state index contributed by atoms with van der Waals surface area (Å²) >= 11 is 11.9. The SMILES string of the molecule is Cn1nccc1-c1ccc(CNC(=O)[C@@H]2CCCN2C(=O)C(NC(=O)COCCCOCCCCOc2ccc(N3C(=S)N(c4ccc(C#N)c(Cl)c4)C(=O)C3(C)C)cc2F)C(C)(C)C)cc1. The van der Waals surface area contributed by atoms with Gasteiger partial charge in [-0.1, -0.05) is 56.6 Å². The first-order valence-corrected chi connectivity index (χ1v) is 23.1. The molecule has 4 amide bonds. The van der Waals surface area contributed by atoms with Crippen LogP contribution in [0.2, 0.25) is 5.02 Å². The molecule has 3 heterocycles. The Morgan fingerprint density at radius 3 is 2.36 bits per heavy atom. The highest BCUT2D eigenvalue weighted by atomic mass is 35.5. The summed E-state index contributed by atoms with van der Waals surface area (Å²) in [5, 5.41) is 19.6. The number of carbonyl (C=O) groups is 4. The van der Waals surface area contributed by atoms with Crippen LogP contribution in [0.4, 0.5) is 15.8 Å². The number of unbranched alkanes of at least 4 members (excludes halogenated alkanes) is 1. The van der Waals surface area contributed by atoms with E-state index in [0.717, 1.165) is 16.8 Å². The van der Waals surface area contributed by atoms with E-state index in [1.54, 1.807) is 46.7 Å². The van der Waals surface area contributed by atoms with E-state index < -0.39 is 34.8 Å². The third kappa shape index (κ3) is 12.2. The number of likely N-dealkylation sites (tertiary alicyclic amines) is 1. The molecule has 15 nitrogen and oxygen atoms in total. The van der Waals surface area contributed by atoms with Crippen LogP contribution in [0.1, 0.15) is 77.8 Å². The Labute approximate surface area is 401 Å². The summed E-state index contributed by atoms with van der Waals surface area (Å²) in [5.41, 5.74) is 2.23. The summed E-state index contributed by atoms with van der Waals surface area (Å²) in [6.45, 7) is 10.9. The Morgan fingerprint density at radius 2 is 1.69 bits per heavy atom. The summed E-state index contributed by atoms with van der Waals surface area (Å²) < 4.78 is 34.1. The van der Waals surface area contributed by atoms with E-state index >= 15 is 4.39 Å². The minimum Gasteiger partial charge on any atom is -0.491 e. The largest absolute Gasteiger partial charge is 0.491 e. The number of rotatable bonds is 20. The average Bonchev–Trinajstić information content (AvgIpc) is 4.00. The Hall–Kier alpha value is -5.93. The quantitative estimate of drug-likeness (QED) is 0.0685. The second-order valence-electron chi connectivity index (χ2n) is 18.1. The van der Waals surface area contributed by atoms with Crippen molar-refractivity contribution in [2.75, 3.05) is 49.4 Å². The van der Waals surface area contributed by atoms with E-state index in [1.165, 1.54) is 29.2 Å². The van der Waals surface area contributed by atoms with Gasteiger partial charge in [0.25, 0.3) is 5.91 Å². The lowest BCUT2D eigenvalue weighted by atomic mass is 9.85. The molecule has 2 aliphatic rings. The number of hydrogen-bond acceptors (Lipinski definition) is 10. The van der Waals surface area contributed by atoms with Gasteiger partial charge in [-0.3, -0.25) is 28.8 Å². The number of nitrogens with one attached hydrogen (secondary N) is 2. The molecule has 4 aromatic rings. The first-order valence-electron chi connectivity index (χ1n) is 22.3. The zero-order valence-corrected chi connectivity index (χ0v) is 40.3. The topological polar surface area (TPSA) is 171 Å².